The predicted octanol–water partition coefficient (Wildman–Crippen LogP) is 2.99. The number of anilines is 1. The standard InChI is InChI=1S/C22H21N3O2/c1-13-15(20(26)24(4)21(27)16(13)12-23)8-9-18-22(2,3)17-7-5-6-14-10-11-25(18)19(14)17/h5-9H,10-11H2,1-4H3/b15-8-,18-9+. The van der Waals surface area contributed by atoms with Crippen LogP contribution in [0.1, 0.15) is 31.9 Å². The first-order chi connectivity index (χ1) is 12.8. The zero-order valence-electron chi connectivity index (χ0n) is 16.0. The largest absolute Gasteiger partial charge is 0.343 e. The van der Waals surface area contributed by atoms with Gasteiger partial charge in [-0.2, -0.15) is 5.26 Å². The number of allylic oxidation sites excluding steroid dienone is 3. The Morgan fingerprint density at radius 1 is 1.19 bits per heavy atom. The van der Waals surface area contributed by atoms with E-state index in [2.05, 4.69) is 36.9 Å². The maximum Gasteiger partial charge on any atom is 0.271 e. The fraction of sp³-hybridized carbons (Fsp3) is 0.318. The van der Waals surface area contributed by atoms with Gasteiger partial charge < -0.3 is 4.90 Å². The summed E-state index contributed by atoms with van der Waals surface area (Å²) in [5, 5.41) is 9.30. The number of hydrogen-bond acceptors (Lipinski definition) is 4. The molecule has 5 heteroatoms. The van der Waals surface area contributed by atoms with Crippen LogP contribution in [0.15, 0.2) is 52.8 Å². The maximum absolute atomic E-state index is 12.6. The zero-order chi connectivity index (χ0) is 19.5. The van der Waals surface area contributed by atoms with E-state index < -0.39 is 5.91 Å². The summed E-state index contributed by atoms with van der Waals surface area (Å²) < 4.78 is 0. The smallest absolute Gasteiger partial charge is 0.271 e. The van der Waals surface area contributed by atoms with Gasteiger partial charge in [-0.15, -0.1) is 0 Å². The van der Waals surface area contributed by atoms with E-state index in [9.17, 15) is 14.9 Å². The minimum Gasteiger partial charge on any atom is -0.343 e. The van der Waals surface area contributed by atoms with E-state index in [1.54, 1.807) is 13.0 Å². The van der Waals surface area contributed by atoms with E-state index >= 15 is 0 Å². The Kier molecular flexibility index (Phi) is 3.64. The molecule has 0 fully saturated rings. The molecule has 5 nitrogen and oxygen atoms in total. The van der Waals surface area contributed by atoms with Crippen molar-refractivity contribution in [1.29, 1.82) is 5.26 Å². The van der Waals surface area contributed by atoms with Crippen molar-refractivity contribution < 1.29 is 9.59 Å². The van der Waals surface area contributed by atoms with Crippen LogP contribution in [-0.4, -0.2) is 30.3 Å². The van der Waals surface area contributed by atoms with Crippen molar-refractivity contribution in [3.8, 4) is 6.07 Å². The molecular formula is C22H21N3O2. The molecule has 0 atom stereocenters. The van der Waals surface area contributed by atoms with E-state index in [1.165, 1.54) is 23.9 Å². The van der Waals surface area contributed by atoms with E-state index in [0.717, 1.165) is 23.6 Å². The van der Waals surface area contributed by atoms with Gasteiger partial charge >= 0.3 is 0 Å². The minimum absolute atomic E-state index is 0.0270. The van der Waals surface area contributed by atoms with Gasteiger partial charge in [0.1, 0.15) is 11.6 Å². The third-order valence-corrected chi connectivity index (χ3v) is 5.95. The molecule has 1 aromatic rings. The molecule has 3 aliphatic heterocycles. The number of para-hydroxylation sites is 1. The second-order valence-corrected chi connectivity index (χ2v) is 7.75. The van der Waals surface area contributed by atoms with Crippen LogP contribution in [0, 0.1) is 11.3 Å². The molecule has 1 aromatic carbocycles. The average molecular weight is 359 g/mol. The van der Waals surface area contributed by atoms with Gasteiger partial charge in [-0.1, -0.05) is 32.0 Å². The number of rotatable bonds is 1. The molecule has 0 aromatic heterocycles. The highest BCUT2D eigenvalue weighted by molar-refractivity contribution is 6.18. The lowest BCUT2D eigenvalue weighted by molar-refractivity contribution is -0.138. The van der Waals surface area contributed by atoms with Crippen LogP contribution in [0.3, 0.4) is 0 Å². The molecular weight excluding hydrogens is 338 g/mol. The van der Waals surface area contributed by atoms with Gasteiger partial charge in [0, 0.05) is 36.0 Å². The second-order valence-electron chi connectivity index (χ2n) is 7.75. The van der Waals surface area contributed by atoms with Crippen LogP contribution in [0.25, 0.3) is 0 Å². The number of likely N-dealkylation sites (N-methyl/N-ethyl adjacent to an activating group) is 1. The molecule has 0 N–H and O–H groups in total. The van der Waals surface area contributed by atoms with Crippen LogP contribution in [-0.2, 0) is 21.4 Å². The van der Waals surface area contributed by atoms with E-state index in [0.29, 0.717) is 11.1 Å². The molecule has 27 heavy (non-hydrogen) atoms. The highest BCUT2D eigenvalue weighted by Gasteiger charge is 2.43. The first kappa shape index (κ1) is 17.3. The molecule has 0 spiro atoms. The molecule has 0 aliphatic carbocycles. The van der Waals surface area contributed by atoms with Gasteiger partial charge in [0.05, 0.1) is 0 Å². The number of amides is 2. The van der Waals surface area contributed by atoms with Crippen molar-refractivity contribution in [2.45, 2.75) is 32.6 Å². The summed E-state index contributed by atoms with van der Waals surface area (Å²) in [6.07, 6.45) is 4.75. The number of benzene rings is 1. The van der Waals surface area contributed by atoms with Gasteiger partial charge in [-0.05, 0) is 42.2 Å². The molecule has 4 rings (SSSR count). The lowest BCUT2D eigenvalue weighted by Gasteiger charge is -2.26. The zero-order valence-corrected chi connectivity index (χ0v) is 16.0. The van der Waals surface area contributed by atoms with Crippen molar-refractivity contribution in [1.82, 2.24) is 4.90 Å². The molecule has 0 unspecified atom stereocenters. The Labute approximate surface area is 158 Å². The fourth-order valence-corrected chi connectivity index (χ4v) is 4.36. The number of nitrogens with zero attached hydrogens (tertiary/aromatic N) is 3. The van der Waals surface area contributed by atoms with Crippen molar-refractivity contribution in [2.24, 2.45) is 0 Å². The van der Waals surface area contributed by atoms with Gasteiger partial charge in [0.25, 0.3) is 11.8 Å². The summed E-state index contributed by atoms with van der Waals surface area (Å²) in [5.74, 6) is -0.911. The van der Waals surface area contributed by atoms with Crippen molar-refractivity contribution in [3.05, 3.63) is 63.9 Å². The second kappa shape index (κ2) is 5.68. The Morgan fingerprint density at radius 2 is 1.93 bits per heavy atom. The van der Waals surface area contributed by atoms with E-state index in [-0.39, 0.29) is 16.9 Å². The molecule has 0 saturated carbocycles. The van der Waals surface area contributed by atoms with Crippen LogP contribution < -0.4 is 4.90 Å². The summed E-state index contributed by atoms with van der Waals surface area (Å²) in [6, 6.07) is 8.39. The number of carbonyl (C=O) groups excluding carboxylic acids is 2. The first-order valence-corrected chi connectivity index (χ1v) is 9.05. The quantitative estimate of drug-likeness (QED) is 0.571. The third kappa shape index (κ3) is 2.23. The molecule has 0 bridgehead atoms. The van der Waals surface area contributed by atoms with E-state index in [4.69, 9.17) is 0 Å². The summed E-state index contributed by atoms with van der Waals surface area (Å²) in [7, 11) is 1.41. The summed E-state index contributed by atoms with van der Waals surface area (Å²) >= 11 is 0. The van der Waals surface area contributed by atoms with Crippen LogP contribution in [0.2, 0.25) is 0 Å². The molecule has 136 valence electrons. The lowest BCUT2D eigenvalue weighted by atomic mass is 9.82. The van der Waals surface area contributed by atoms with Crippen molar-refractivity contribution >= 4 is 17.5 Å². The molecule has 3 heterocycles. The Balaban J connectivity index is 1.84. The summed E-state index contributed by atoms with van der Waals surface area (Å²) in [6.45, 7) is 6.96. The molecule has 0 saturated heterocycles. The van der Waals surface area contributed by atoms with Crippen LogP contribution in [0.5, 0.6) is 0 Å². The van der Waals surface area contributed by atoms with Crippen LogP contribution in [0.4, 0.5) is 5.69 Å². The van der Waals surface area contributed by atoms with Crippen molar-refractivity contribution in [3.63, 3.8) is 0 Å². The summed E-state index contributed by atoms with van der Waals surface area (Å²) in [4.78, 5) is 28.1. The van der Waals surface area contributed by atoms with Gasteiger partial charge in [0.15, 0.2) is 0 Å². The average Bonchev–Trinajstić information content (AvgIpc) is 3.15. The van der Waals surface area contributed by atoms with E-state index in [1.807, 2.05) is 12.1 Å². The molecule has 3 aliphatic rings. The monoisotopic (exact) mass is 359 g/mol. The topological polar surface area (TPSA) is 64.4 Å². The maximum atomic E-state index is 12.6. The lowest BCUT2D eigenvalue weighted by Crippen LogP contribution is -2.39. The number of hydrogen-bond donors (Lipinski definition) is 0. The van der Waals surface area contributed by atoms with Gasteiger partial charge in [-0.3, -0.25) is 14.5 Å². The number of carbonyl (C=O) groups is 2. The predicted molar refractivity (Wildman–Crippen MR) is 103 cm³/mol. The molecule has 2 amide bonds. The number of nitriles is 1. The highest BCUT2D eigenvalue weighted by atomic mass is 16.2. The minimum atomic E-state index is -0.539. The van der Waals surface area contributed by atoms with Crippen molar-refractivity contribution in [2.75, 3.05) is 18.5 Å². The highest BCUT2D eigenvalue weighted by Crippen LogP contribution is 2.51. The first-order valence-electron chi connectivity index (χ1n) is 9.05. The van der Waals surface area contributed by atoms with Gasteiger partial charge in [0.2, 0.25) is 0 Å². The van der Waals surface area contributed by atoms with Crippen LogP contribution >= 0.6 is 0 Å². The third-order valence-electron chi connectivity index (χ3n) is 5.95. The Morgan fingerprint density at radius 3 is 2.63 bits per heavy atom. The SMILES string of the molecule is CC1=C(C#N)C(=O)N(C)C(=O)/C1=C\C=C1\N2CCc3cccc(c32)C1(C)C. The Hall–Kier alpha value is -3.13. The normalized spacial score (nSPS) is 23.5. The fourth-order valence-electron chi connectivity index (χ4n) is 4.36. The number of imide groups is 1. The Bertz CT molecular complexity index is 1030. The van der Waals surface area contributed by atoms with Gasteiger partial charge in [-0.25, -0.2) is 0 Å². The molecule has 0 radical (unpaired) electrons. The summed E-state index contributed by atoms with van der Waals surface area (Å²) in [5.41, 5.74) is 5.78.